The molecule has 4 atom stereocenters. The van der Waals surface area contributed by atoms with Crippen LogP contribution in [0.25, 0.3) is 0 Å². The van der Waals surface area contributed by atoms with E-state index in [-0.39, 0.29) is 0 Å². The summed E-state index contributed by atoms with van der Waals surface area (Å²) in [5, 5.41) is 0. The molecular formula is C16H29NO. The van der Waals surface area contributed by atoms with Crippen LogP contribution in [-0.4, -0.2) is 30.8 Å². The zero-order valence-corrected chi connectivity index (χ0v) is 12.6. The van der Waals surface area contributed by atoms with E-state index in [4.69, 9.17) is 4.74 Å². The maximum absolute atomic E-state index is 5.87. The van der Waals surface area contributed by atoms with Crippen molar-refractivity contribution in [3.63, 3.8) is 0 Å². The van der Waals surface area contributed by atoms with Crippen LogP contribution in [0.15, 0.2) is 11.6 Å². The van der Waals surface area contributed by atoms with Gasteiger partial charge in [0.05, 0.1) is 6.61 Å². The van der Waals surface area contributed by atoms with Gasteiger partial charge >= 0.3 is 0 Å². The lowest BCUT2D eigenvalue weighted by atomic mass is 9.74. The summed E-state index contributed by atoms with van der Waals surface area (Å²) in [5.41, 5.74) is 1.57. The Balaban J connectivity index is 2.00. The third-order valence-electron chi connectivity index (χ3n) is 4.64. The largest absolute Gasteiger partial charge is 0.362 e. The van der Waals surface area contributed by atoms with Crippen molar-refractivity contribution in [3.8, 4) is 0 Å². The molecule has 0 unspecified atom stereocenters. The zero-order valence-electron chi connectivity index (χ0n) is 12.6. The van der Waals surface area contributed by atoms with E-state index < -0.39 is 0 Å². The van der Waals surface area contributed by atoms with Gasteiger partial charge in [0, 0.05) is 13.1 Å². The summed E-state index contributed by atoms with van der Waals surface area (Å²) in [4.78, 5) is 2.57. The molecular weight excluding hydrogens is 222 g/mol. The number of ether oxygens (including phenoxy) is 1. The maximum Gasteiger partial charge on any atom is 0.113 e. The van der Waals surface area contributed by atoms with Crippen LogP contribution in [0.5, 0.6) is 0 Å². The molecule has 18 heavy (non-hydrogen) atoms. The molecule has 2 nitrogen and oxygen atoms in total. The predicted octanol–water partition coefficient (Wildman–Crippen LogP) is 3.54. The van der Waals surface area contributed by atoms with Crippen molar-refractivity contribution in [2.75, 3.05) is 19.7 Å². The maximum atomic E-state index is 5.87. The molecule has 2 heteroatoms. The molecule has 1 aliphatic carbocycles. The van der Waals surface area contributed by atoms with Crippen molar-refractivity contribution in [3.05, 3.63) is 11.6 Å². The number of allylic oxidation sites excluding steroid dienone is 2. The first-order valence-electron chi connectivity index (χ1n) is 7.52. The Morgan fingerprint density at radius 1 is 1.39 bits per heavy atom. The van der Waals surface area contributed by atoms with Crippen molar-refractivity contribution in [2.45, 2.75) is 47.3 Å². The van der Waals surface area contributed by atoms with Gasteiger partial charge in [-0.2, -0.15) is 0 Å². The predicted molar refractivity (Wildman–Crippen MR) is 76.3 cm³/mol. The molecule has 0 aromatic rings. The first-order valence-corrected chi connectivity index (χ1v) is 7.52. The van der Waals surface area contributed by atoms with E-state index in [1.807, 2.05) is 0 Å². The first-order chi connectivity index (χ1) is 8.49. The number of nitrogens with zero attached hydrogens (tertiary/aromatic N) is 1. The average molecular weight is 251 g/mol. The minimum absolute atomic E-state index is 0.344. The van der Waals surface area contributed by atoms with Gasteiger partial charge in [-0.05, 0) is 37.0 Å². The Bertz CT molecular complexity index is 310. The van der Waals surface area contributed by atoms with E-state index in [1.165, 1.54) is 13.0 Å². The van der Waals surface area contributed by atoms with Gasteiger partial charge < -0.3 is 4.74 Å². The van der Waals surface area contributed by atoms with Crippen LogP contribution >= 0.6 is 0 Å². The molecule has 2 aliphatic rings. The highest BCUT2D eigenvalue weighted by Crippen LogP contribution is 2.35. The van der Waals surface area contributed by atoms with E-state index in [0.29, 0.717) is 18.1 Å². The van der Waals surface area contributed by atoms with Crippen molar-refractivity contribution in [1.82, 2.24) is 4.90 Å². The van der Waals surface area contributed by atoms with E-state index in [9.17, 15) is 0 Å². The molecule has 104 valence electrons. The van der Waals surface area contributed by atoms with E-state index in [0.717, 1.165) is 25.0 Å². The highest BCUT2D eigenvalue weighted by molar-refractivity contribution is 5.08. The molecule has 2 rings (SSSR count). The molecule has 0 saturated carbocycles. The van der Waals surface area contributed by atoms with Crippen LogP contribution in [0, 0.1) is 23.7 Å². The SMILES string of the molecule is CC1=C[C@@H](C)[C@H](CN2CCO[C@@H]2C(C)C)[C@@H](C)C1. The second-order valence-corrected chi connectivity index (χ2v) is 6.72. The lowest BCUT2D eigenvalue weighted by molar-refractivity contribution is -0.0144. The molecule has 0 aromatic carbocycles. The number of hydrogen-bond donors (Lipinski definition) is 0. The van der Waals surface area contributed by atoms with E-state index in [1.54, 1.807) is 5.57 Å². The summed E-state index contributed by atoms with van der Waals surface area (Å²) in [6.07, 6.45) is 4.10. The number of rotatable bonds is 3. The Labute approximate surface area is 112 Å². The van der Waals surface area contributed by atoms with Gasteiger partial charge in [0.1, 0.15) is 6.23 Å². The fraction of sp³-hybridized carbons (Fsp3) is 0.875. The standard InChI is InChI=1S/C16H29NO/c1-11(2)16-17(6-7-18-16)10-15-13(4)8-12(3)9-14(15)5/h8,11,13-16H,6-7,9-10H2,1-5H3/t13-,14+,15+,16-/m1/s1. The van der Waals surface area contributed by atoms with Crippen molar-refractivity contribution in [2.24, 2.45) is 23.7 Å². The lowest BCUT2D eigenvalue weighted by Gasteiger charge is -2.37. The highest BCUT2D eigenvalue weighted by atomic mass is 16.5. The topological polar surface area (TPSA) is 12.5 Å². The lowest BCUT2D eigenvalue weighted by Crippen LogP contribution is -2.41. The molecule has 0 spiro atoms. The zero-order chi connectivity index (χ0) is 13.3. The number of hydrogen-bond acceptors (Lipinski definition) is 2. The van der Waals surface area contributed by atoms with Gasteiger partial charge in [-0.3, -0.25) is 4.90 Å². The second kappa shape index (κ2) is 5.75. The highest BCUT2D eigenvalue weighted by Gasteiger charge is 2.34. The molecule has 0 radical (unpaired) electrons. The van der Waals surface area contributed by atoms with Crippen LogP contribution in [0.4, 0.5) is 0 Å². The van der Waals surface area contributed by atoms with E-state index >= 15 is 0 Å². The third-order valence-corrected chi connectivity index (χ3v) is 4.64. The summed E-state index contributed by atoms with van der Waals surface area (Å²) in [6.45, 7) is 14.8. The van der Waals surface area contributed by atoms with Crippen molar-refractivity contribution >= 4 is 0 Å². The smallest absolute Gasteiger partial charge is 0.113 e. The fourth-order valence-corrected chi connectivity index (χ4v) is 3.77. The van der Waals surface area contributed by atoms with Crippen LogP contribution in [0.1, 0.15) is 41.0 Å². The van der Waals surface area contributed by atoms with Crippen LogP contribution in [-0.2, 0) is 4.74 Å². The average Bonchev–Trinajstić information content (AvgIpc) is 2.71. The first kappa shape index (κ1) is 14.1. The quantitative estimate of drug-likeness (QED) is 0.711. The van der Waals surface area contributed by atoms with E-state index in [2.05, 4.69) is 45.6 Å². The van der Waals surface area contributed by atoms with Crippen LogP contribution in [0.3, 0.4) is 0 Å². The Morgan fingerprint density at radius 2 is 2.11 bits per heavy atom. The van der Waals surface area contributed by atoms with Gasteiger partial charge in [-0.15, -0.1) is 0 Å². The molecule has 0 aromatic heterocycles. The molecule has 0 bridgehead atoms. The second-order valence-electron chi connectivity index (χ2n) is 6.72. The Hall–Kier alpha value is -0.340. The van der Waals surface area contributed by atoms with Gasteiger partial charge in [-0.25, -0.2) is 0 Å². The summed E-state index contributed by atoms with van der Waals surface area (Å²) in [7, 11) is 0. The molecule has 1 heterocycles. The van der Waals surface area contributed by atoms with Gasteiger partial charge in [0.15, 0.2) is 0 Å². The summed E-state index contributed by atoms with van der Waals surface area (Å²) >= 11 is 0. The van der Waals surface area contributed by atoms with Crippen molar-refractivity contribution in [1.29, 1.82) is 0 Å². The summed E-state index contributed by atoms with van der Waals surface area (Å²) < 4.78 is 5.87. The van der Waals surface area contributed by atoms with Gasteiger partial charge in [0.25, 0.3) is 0 Å². The summed E-state index contributed by atoms with van der Waals surface area (Å²) in [6, 6.07) is 0. The molecule has 0 amide bonds. The fourth-order valence-electron chi connectivity index (χ4n) is 3.77. The minimum Gasteiger partial charge on any atom is -0.362 e. The van der Waals surface area contributed by atoms with Gasteiger partial charge in [-0.1, -0.05) is 39.3 Å². The van der Waals surface area contributed by atoms with Crippen LogP contribution in [0.2, 0.25) is 0 Å². The molecule has 0 N–H and O–H groups in total. The normalized spacial score (nSPS) is 38.2. The van der Waals surface area contributed by atoms with Gasteiger partial charge in [0.2, 0.25) is 0 Å². The van der Waals surface area contributed by atoms with Crippen LogP contribution < -0.4 is 0 Å². The van der Waals surface area contributed by atoms with Crippen molar-refractivity contribution < 1.29 is 4.74 Å². The monoisotopic (exact) mass is 251 g/mol. The third kappa shape index (κ3) is 2.97. The molecule has 1 fully saturated rings. The minimum atomic E-state index is 0.344. The molecule has 1 saturated heterocycles. The molecule has 1 aliphatic heterocycles. The Morgan fingerprint density at radius 3 is 2.72 bits per heavy atom. The summed E-state index contributed by atoms with van der Waals surface area (Å²) in [5.74, 6) is 2.90. The Kier molecular flexibility index (Phi) is 4.50.